The van der Waals surface area contributed by atoms with Gasteiger partial charge in [-0.2, -0.15) is 0 Å². The summed E-state index contributed by atoms with van der Waals surface area (Å²) < 4.78 is 0. The molecule has 40 heavy (non-hydrogen) atoms. The lowest BCUT2D eigenvalue weighted by Gasteiger charge is -2.32. The van der Waals surface area contributed by atoms with Crippen LogP contribution in [-0.2, 0) is 19.2 Å². The van der Waals surface area contributed by atoms with Crippen LogP contribution in [0.4, 0.5) is 5.82 Å². The standard InChI is InChI=1S/C26H37N7O7/c1-18-13-19(2)27-26-20(18)3-4-21(29-26)28-22(34)14-30-5-7-31(15-23(35)36)9-11-33(17-25(39)40)12-10-32(8-6-30)16-24(37)38/h3-4,13H,5-12,14-17H2,1-2H3,(H,35,36)(H,37,38)(H,39,40)(H,27,28,29,34). The van der Waals surface area contributed by atoms with E-state index in [0.29, 0.717) is 63.8 Å². The fourth-order valence-electron chi connectivity index (χ4n) is 4.67. The normalized spacial score (nSPS) is 17.1. The first-order valence-electron chi connectivity index (χ1n) is 13.1. The highest BCUT2D eigenvalue weighted by Gasteiger charge is 2.21. The Balaban J connectivity index is 1.73. The monoisotopic (exact) mass is 559 g/mol. The number of amides is 1. The summed E-state index contributed by atoms with van der Waals surface area (Å²) in [6.45, 7) is 5.76. The topological polar surface area (TPSA) is 180 Å². The van der Waals surface area contributed by atoms with Crippen LogP contribution in [0.3, 0.4) is 0 Å². The van der Waals surface area contributed by atoms with Crippen LogP contribution in [-0.4, -0.2) is 147 Å². The minimum Gasteiger partial charge on any atom is -0.480 e. The number of carbonyl (C=O) groups excluding carboxylic acids is 1. The Labute approximate surface area is 232 Å². The van der Waals surface area contributed by atoms with E-state index < -0.39 is 17.9 Å². The molecule has 0 aliphatic carbocycles. The van der Waals surface area contributed by atoms with Crippen LogP contribution in [0.5, 0.6) is 0 Å². The van der Waals surface area contributed by atoms with Crippen molar-refractivity contribution in [1.82, 2.24) is 29.6 Å². The number of aliphatic carboxylic acids is 3. The summed E-state index contributed by atoms with van der Waals surface area (Å²) in [7, 11) is 0. The molecule has 1 fully saturated rings. The summed E-state index contributed by atoms with van der Waals surface area (Å²) in [6.07, 6.45) is 0. The maximum atomic E-state index is 13.0. The summed E-state index contributed by atoms with van der Waals surface area (Å²) in [5.41, 5.74) is 2.39. The minimum absolute atomic E-state index is 0.00699. The molecule has 4 N–H and O–H groups in total. The summed E-state index contributed by atoms with van der Waals surface area (Å²) in [4.78, 5) is 63.1. The highest BCUT2D eigenvalue weighted by molar-refractivity contribution is 5.92. The number of fused-ring (bicyclic) bond motifs is 1. The van der Waals surface area contributed by atoms with Gasteiger partial charge < -0.3 is 20.6 Å². The fourth-order valence-corrected chi connectivity index (χ4v) is 4.67. The van der Waals surface area contributed by atoms with Crippen molar-refractivity contribution in [1.29, 1.82) is 0 Å². The Bertz CT molecular complexity index is 1190. The number of nitrogens with one attached hydrogen (secondary N) is 1. The zero-order chi connectivity index (χ0) is 29.2. The van der Waals surface area contributed by atoms with Crippen LogP contribution in [0.2, 0.25) is 0 Å². The van der Waals surface area contributed by atoms with Crippen molar-refractivity contribution in [2.24, 2.45) is 0 Å². The molecule has 0 saturated carbocycles. The number of hydrogen-bond donors (Lipinski definition) is 4. The average Bonchev–Trinajstić information content (AvgIpc) is 2.84. The second-order valence-corrected chi connectivity index (χ2v) is 9.98. The highest BCUT2D eigenvalue weighted by Crippen LogP contribution is 2.18. The van der Waals surface area contributed by atoms with Gasteiger partial charge in [0.2, 0.25) is 5.91 Å². The Morgan fingerprint density at radius 1 is 0.700 bits per heavy atom. The fraction of sp³-hybridized carbons (Fsp3) is 0.538. The van der Waals surface area contributed by atoms with E-state index in [4.69, 9.17) is 0 Å². The molecule has 14 heteroatoms. The molecule has 14 nitrogen and oxygen atoms in total. The van der Waals surface area contributed by atoms with Gasteiger partial charge in [0, 0.05) is 63.4 Å². The molecule has 0 atom stereocenters. The van der Waals surface area contributed by atoms with Gasteiger partial charge in [0.05, 0.1) is 26.2 Å². The number of aromatic nitrogens is 2. The van der Waals surface area contributed by atoms with Crippen LogP contribution in [0.1, 0.15) is 11.3 Å². The first-order chi connectivity index (χ1) is 19.0. The predicted molar refractivity (Wildman–Crippen MR) is 146 cm³/mol. The van der Waals surface area contributed by atoms with Crippen molar-refractivity contribution in [2.75, 3.05) is 83.9 Å². The molecule has 218 valence electrons. The van der Waals surface area contributed by atoms with Gasteiger partial charge in [-0.15, -0.1) is 0 Å². The third-order valence-corrected chi connectivity index (χ3v) is 6.65. The number of rotatable bonds is 9. The molecule has 2 aromatic heterocycles. The van der Waals surface area contributed by atoms with Crippen LogP contribution in [0, 0.1) is 13.8 Å². The Hall–Kier alpha value is -3.72. The SMILES string of the molecule is Cc1cc(C)c2ccc(NC(=O)CN3CCN(CC(=O)O)CCN(CC(=O)O)CCN(CC(=O)O)CC3)nc2n1. The lowest BCUT2D eigenvalue weighted by Crippen LogP contribution is -2.49. The third kappa shape index (κ3) is 10.1. The van der Waals surface area contributed by atoms with Crippen molar-refractivity contribution in [3.05, 3.63) is 29.5 Å². The van der Waals surface area contributed by atoms with Crippen molar-refractivity contribution >= 4 is 40.7 Å². The number of carboxylic acid groups (broad SMARTS) is 3. The molecule has 3 rings (SSSR count). The number of aryl methyl sites for hydroxylation is 2. The molecule has 0 radical (unpaired) electrons. The van der Waals surface area contributed by atoms with Crippen molar-refractivity contribution in [3.8, 4) is 0 Å². The number of hydrogen-bond acceptors (Lipinski definition) is 10. The van der Waals surface area contributed by atoms with Crippen LogP contribution < -0.4 is 5.32 Å². The molecule has 0 unspecified atom stereocenters. The maximum absolute atomic E-state index is 13.0. The van der Waals surface area contributed by atoms with Gasteiger partial charge in [-0.25, -0.2) is 9.97 Å². The molecule has 0 bridgehead atoms. The van der Waals surface area contributed by atoms with E-state index in [-0.39, 0.29) is 32.1 Å². The summed E-state index contributed by atoms with van der Waals surface area (Å²) >= 11 is 0. The Morgan fingerprint density at radius 3 is 1.55 bits per heavy atom. The third-order valence-electron chi connectivity index (χ3n) is 6.65. The van der Waals surface area contributed by atoms with Crippen LogP contribution in [0.15, 0.2) is 18.2 Å². The molecule has 3 heterocycles. The molecular formula is C26H37N7O7. The van der Waals surface area contributed by atoms with Gasteiger partial charge in [-0.05, 0) is 37.6 Å². The van der Waals surface area contributed by atoms with Crippen molar-refractivity contribution in [3.63, 3.8) is 0 Å². The smallest absolute Gasteiger partial charge is 0.317 e. The molecule has 0 aromatic carbocycles. The molecule has 0 spiro atoms. The van der Waals surface area contributed by atoms with E-state index in [1.165, 1.54) is 0 Å². The first-order valence-corrected chi connectivity index (χ1v) is 13.1. The Morgan fingerprint density at radius 2 is 1.12 bits per heavy atom. The van der Waals surface area contributed by atoms with E-state index in [1.54, 1.807) is 20.8 Å². The minimum atomic E-state index is -1.01. The second kappa shape index (κ2) is 14.6. The van der Waals surface area contributed by atoms with Gasteiger partial charge in [0.25, 0.3) is 0 Å². The van der Waals surface area contributed by atoms with E-state index in [9.17, 15) is 34.5 Å². The first kappa shape index (κ1) is 30.8. The molecule has 1 aliphatic rings. The number of pyridine rings is 2. The zero-order valence-electron chi connectivity index (χ0n) is 22.9. The van der Waals surface area contributed by atoms with Crippen molar-refractivity contribution < 1.29 is 34.5 Å². The molecule has 1 saturated heterocycles. The summed E-state index contributed by atoms with van der Waals surface area (Å²) in [6, 6.07) is 5.54. The number of carboxylic acids is 3. The van der Waals surface area contributed by atoms with E-state index >= 15 is 0 Å². The lowest BCUT2D eigenvalue weighted by molar-refractivity contribution is -0.140. The summed E-state index contributed by atoms with van der Waals surface area (Å²) in [5.74, 6) is -2.97. The molecule has 1 amide bonds. The van der Waals surface area contributed by atoms with Crippen LogP contribution >= 0.6 is 0 Å². The van der Waals surface area contributed by atoms with Gasteiger partial charge in [-0.1, -0.05) is 0 Å². The van der Waals surface area contributed by atoms with E-state index in [0.717, 1.165) is 16.6 Å². The number of carbonyl (C=O) groups is 4. The predicted octanol–water partition coefficient (Wildman–Crippen LogP) is -0.339. The maximum Gasteiger partial charge on any atom is 0.317 e. The Kier molecular flexibility index (Phi) is 11.3. The molecule has 1 aliphatic heterocycles. The number of anilines is 1. The average molecular weight is 560 g/mol. The second-order valence-electron chi connectivity index (χ2n) is 9.98. The van der Waals surface area contributed by atoms with Crippen molar-refractivity contribution in [2.45, 2.75) is 13.8 Å². The lowest BCUT2D eigenvalue weighted by atomic mass is 10.1. The van der Waals surface area contributed by atoms with Gasteiger partial charge in [0.1, 0.15) is 5.82 Å². The molecule has 2 aromatic rings. The number of nitrogens with zero attached hydrogens (tertiary/aromatic N) is 6. The largest absolute Gasteiger partial charge is 0.480 e. The quantitative estimate of drug-likeness (QED) is 0.314. The summed E-state index contributed by atoms with van der Waals surface area (Å²) in [5, 5.41) is 31.7. The van der Waals surface area contributed by atoms with E-state index in [2.05, 4.69) is 15.3 Å². The highest BCUT2D eigenvalue weighted by atomic mass is 16.4. The van der Waals surface area contributed by atoms with Crippen LogP contribution in [0.25, 0.3) is 11.0 Å². The van der Waals surface area contributed by atoms with E-state index in [1.807, 2.05) is 30.9 Å². The van der Waals surface area contributed by atoms with Gasteiger partial charge in [-0.3, -0.25) is 38.8 Å². The zero-order valence-corrected chi connectivity index (χ0v) is 22.9. The molecular weight excluding hydrogens is 522 g/mol. The van der Waals surface area contributed by atoms with Gasteiger partial charge >= 0.3 is 17.9 Å². The van der Waals surface area contributed by atoms with Gasteiger partial charge in [0.15, 0.2) is 5.65 Å².